The molecule has 26 heavy (non-hydrogen) atoms. The number of nitrogens with zero attached hydrogens (tertiary/aromatic N) is 2. The smallest absolute Gasteiger partial charge is 0.274 e. The van der Waals surface area contributed by atoms with Crippen LogP contribution in [0.4, 0.5) is 5.69 Å². The summed E-state index contributed by atoms with van der Waals surface area (Å²) in [7, 11) is -2.31. The number of amides is 1. The first-order valence-electron chi connectivity index (χ1n) is 7.72. The van der Waals surface area contributed by atoms with Gasteiger partial charge < -0.3 is 10.1 Å². The van der Waals surface area contributed by atoms with Gasteiger partial charge >= 0.3 is 0 Å². The van der Waals surface area contributed by atoms with Crippen molar-refractivity contribution in [2.24, 2.45) is 0 Å². The zero-order chi connectivity index (χ0) is 18.7. The summed E-state index contributed by atoms with van der Waals surface area (Å²) in [6.07, 6.45) is 4.22. The molecule has 0 bridgehead atoms. The lowest BCUT2D eigenvalue weighted by Crippen LogP contribution is -2.14. The molecule has 2 heterocycles. The number of pyridine rings is 1. The van der Waals surface area contributed by atoms with Crippen LogP contribution in [0.2, 0.25) is 0 Å². The molecule has 134 valence electrons. The monoisotopic (exact) mass is 371 g/mol. The van der Waals surface area contributed by atoms with Crippen molar-refractivity contribution in [3.05, 3.63) is 72.3 Å². The molecule has 0 saturated heterocycles. The molecule has 3 rings (SSSR count). The van der Waals surface area contributed by atoms with Crippen molar-refractivity contribution in [2.45, 2.75) is 11.8 Å². The first-order chi connectivity index (χ1) is 12.4. The number of hydrogen-bond acceptors (Lipinski definition) is 5. The van der Waals surface area contributed by atoms with E-state index in [1.807, 2.05) is 6.92 Å². The molecular formula is C18H17N3O4S. The lowest BCUT2D eigenvalue weighted by Gasteiger charge is -2.09. The molecule has 1 amide bonds. The molecule has 1 N–H and O–H groups in total. The average molecular weight is 371 g/mol. The molecule has 0 aliphatic heterocycles. The molecule has 3 aromatic rings. The Kier molecular flexibility index (Phi) is 4.77. The molecule has 7 nitrogen and oxygen atoms in total. The van der Waals surface area contributed by atoms with E-state index in [4.69, 9.17) is 4.74 Å². The van der Waals surface area contributed by atoms with Gasteiger partial charge in [-0.1, -0.05) is 12.1 Å². The number of methoxy groups -OCH3 is 1. The van der Waals surface area contributed by atoms with E-state index in [0.29, 0.717) is 11.4 Å². The second-order valence-corrected chi connectivity index (χ2v) is 7.38. The van der Waals surface area contributed by atoms with Gasteiger partial charge in [0.05, 0.1) is 17.7 Å². The van der Waals surface area contributed by atoms with Crippen molar-refractivity contribution in [3.8, 4) is 5.75 Å². The summed E-state index contributed by atoms with van der Waals surface area (Å²) in [5, 5.41) is 2.62. The number of carbonyl (C=O) groups is 1. The fourth-order valence-electron chi connectivity index (χ4n) is 2.38. The van der Waals surface area contributed by atoms with Gasteiger partial charge in [-0.2, -0.15) is 0 Å². The highest BCUT2D eigenvalue weighted by atomic mass is 32.2. The highest BCUT2D eigenvalue weighted by Crippen LogP contribution is 2.24. The molecule has 0 aliphatic carbocycles. The van der Waals surface area contributed by atoms with Gasteiger partial charge in [-0.25, -0.2) is 12.4 Å². The number of benzene rings is 1. The van der Waals surface area contributed by atoms with Gasteiger partial charge in [0.1, 0.15) is 11.4 Å². The van der Waals surface area contributed by atoms with Crippen LogP contribution in [-0.2, 0) is 10.0 Å². The third kappa shape index (κ3) is 3.45. The first-order valence-corrected chi connectivity index (χ1v) is 9.16. The Morgan fingerprint density at radius 1 is 1.19 bits per heavy atom. The van der Waals surface area contributed by atoms with Gasteiger partial charge in [-0.3, -0.25) is 9.78 Å². The molecule has 0 radical (unpaired) electrons. The Hall–Kier alpha value is -3.13. The fourth-order valence-corrected chi connectivity index (χ4v) is 3.59. The van der Waals surface area contributed by atoms with Gasteiger partial charge in [0.25, 0.3) is 15.9 Å². The van der Waals surface area contributed by atoms with E-state index < -0.39 is 15.9 Å². The largest absolute Gasteiger partial charge is 0.496 e. The minimum Gasteiger partial charge on any atom is -0.496 e. The number of rotatable bonds is 5. The van der Waals surface area contributed by atoms with Crippen LogP contribution in [0.15, 0.2) is 66.0 Å². The summed E-state index contributed by atoms with van der Waals surface area (Å²) in [6, 6.07) is 11.1. The molecule has 0 saturated carbocycles. The zero-order valence-corrected chi connectivity index (χ0v) is 15.0. The Balaban J connectivity index is 1.86. The predicted octanol–water partition coefficient (Wildman–Crippen LogP) is 2.69. The van der Waals surface area contributed by atoms with Crippen molar-refractivity contribution in [3.63, 3.8) is 0 Å². The Morgan fingerprint density at radius 3 is 2.69 bits per heavy atom. The van der Waals surface area contributed by atoms with E-state index >= 15 is 0 Å². The normalized spacial score (nSPS) is 11.2. The Morgan fingerprint density at radius 2 is 2.00 bits per heavy atom. The summed E-state index contributed by atoms with van der Waals surface area (Å²) < 4.78 is 31.8. The molecule has 0 atom stereocenters. The van der Waals surface area contributed by atoms with Crippen molar-refractivity contribution < 1.29 is 17.9 Å². The summed E-state index contributed by atoms with van der Waals surface area (Å²) >= 11 is 0. The molecule has 0 aliphatic rings. The Labute approximate surface area is 151 Å². The lowest BCUT2D eigenvalue weighted by molar-refractivity contribution is 0.102. The summed E-state index contributed by atoms with van der Waals surface area (Å²) in [6.45, 7) is 1.83. The van der Waals surface area contributed by atoms with E-state index in [0.717, 1.165) is 9.54 Å². The van der Waals surface area contributed by atoms with Crippen molar-refractivity contribution >= 4 is 21.6 Å². The number of nitrogens with one attached hydrogen (secondary N) is 1. The fraction of sp³-hybridized carbons (Fsp3) is 0.111. The van der Waals surface area contributed by atoms with E-state index in [2.05, 4.69) is 10.3 Å². The third-order valence-electron chi connectivity index (χ3n) is 3.78. The molecular weight excluding hydrogens is 354 g/mol. The van der Waals surface area contributed by atoms with E-state index in [1.54, 1.807) is 24.3 Å². The molecule has 2 aromatic heterocycles. The van der Waals surface area contributed by atoms with Crippen LogP contribution >= 0.6 is 0 Å². The van der Waals surface area contributed by atoms with Crippen LogP contribution in [0.5, 0.6) is 5.75 Å². The predicted molar refractivity (Wildman–Crippen MR) is 96.9 cm³/mol. The van der Waals surface area contributed by atoms with Crippen LogP contribution in [0.3, 0.4) is 0 Å². The minimum absolute atomic E-state index is 0.0955. The second-order valence-electron chi connectivity index (χ2n) is 5.54. The van der Waals surface area contributed by atoms with Gasteiger partial charge in [-0.15, -0.1) is 0 Å². The maximum Gasteiger partial charge on any atom is 0.274 e. The van der Waals surface area contributed by atoms with Crippen LogP contribution < -0.4 is 10.1 Å². The topological polar surface area (TPSA) is 90.3 Å². The highest BCUT2D eigenvalue weighted by molar-refractivity contribution is 7.90. The zero-order valence-electron chi connectivity index (χ0n) is 14.2. The van der Waals surface area contributed by atoms with Gasteiger partial charge in [0, 0.05) is 24.7 Å². The third-order valence-corrected chi connectivity index (χ3v) is 5.41. The van der Waals surface area contributed by atoms with Crippen LogP contribution in [0.25, 0.3) is 0 Å². The quantitative estimate of drug-likeness (QED) is 0.745. The second kappa shape index (κ2) is 7.01. The maximum atomic E-state index is 12.8. The van der Waals surface area contributed by atoms with Gasteiger partial charge in [-0.05, 0) is 36.8 Å². The first kappa shape index (κ1) is 17.7. The number of aromatic nitrogens is 2. The molecule has 1 aromatic carbocycles. The number of aryl methyl sites for hydroxylation is 1. The Bertz CT molecular complexity index is 1040. The van der Waals surface area contributed by atoms with Crippen molar-refractivity contribution in [2.75, 3.05) is 12.4 Å². The number of ether oxygens (including phenoxy) is 1. The maximum absolute atomic E-state index is 12.8. The standard InChI is InChI=1S/C18H17N3O4S/c1-13-6-7-15(11-17(13)25-2)26(23,24)21-10-8-14(12-21)20-18(22)16-5-3-4-9-19-16/h3-12H,1-2H3,(H,20,22). The van der Waals surface area contributed by atoms with Crippen LogP contribution in [0, 0.1) is 6.92 Å². The minimum atomic E-state index is -3.80. The number of carbonyl (C=O) groups excluding carboxylic acids is 1. The average Bonchev–Trinajstić information content (AvgIpc) is 3.12. The molecule has 0 unspecified atom stereocenters. The number of hydrogen-bond donors (Lipinski definition) is 1. The lowest BCUT2D eigenvalue weighted by atomic mass is 10.2. The van der Waals surface area contributed by atoms with Crippen LogP contribution in [-0.4, -0.2) is 30.4 Å². The summed E-state index contributed by atoms with van der Waals surface area (Å²) in [4.78, 5) is 16.2. The van der Waals surface area contributed by atoms with Crippen molar-refractivity contribution in [1.29, 1.82) is 0 Å². The summed E-state index contributed by atoms with van der Waals surface area (Å²) in [5.74, 6) is 0.0691. The van der Waals surface area contributed by atoms with E-state index in [-0.39, 0.29) is 10.6 Å². The van der Waals surface area contributed by atoms with E-state index in [9.17, 15) is 13.2 Å². The SMILES string of the molecule is COc1cc(S(=O)(=O)n2ccc(NC(=O)c3ccccn3)c2)ccc1C. The van der Waals surface area contributed by atoms with Gasteiger partial charge in [0.2, 0.25) is 0 Å². The molecule has 8 heteroatoms. The van der Waals surface area contributed by atoms with Gasteiger partial charge in [0.15, 0.2) is 0 Å². The summed E-state index contributed by atoms with van der Waals surface area (Å²) in [5.41, 5.74) is 1.43. The molecule has 0 spiro atoms. The van der Waals surface area contributed by atoms with Crippen LogP contribution in [0.1, 0.15) is 16.1 Å². The highest BCUT2D eigenvalue weighted by Gasteiger charge is 2.19. The molecule has 0 fully saturated rings. The van der Waals surface area contributed by atoms with Crippen molar-refractivity contribution in [1.82, 2.24) is 8.96 Å². The van der Waals surface area contributed by atoms with E-state index in [1.165, 1.54) is 43.9 Å². The number of anilines is 1.